The Balaban J connectivity index is 2.10. The maximum Gasteiger partial charge on any atom is 0.00952 e. The molecule has 0 bridgehead atoms. The van der Waals surface area contributed by atoms with E-state index in [0.717, 1.165) is 11.4 Å². The summed E-state index contributed by atoms with van der Waals surface area (Å²) in [6.07, 6.45) is 7.03. The SMILES string of the molecule is CCSCCCN(CCCBr)C1CCC1. The Morgan fingerprint density at radius 3 is 2.53 bits per heavy atom. The minimum absolute atomic E-state index is 0.927. The number of thioether (sulfide) groups is 1. The first-order chi connectivity index (χ1) is 7.38. The van der Waals surface area contributed by atoms with Gasteiger partial charge in [0.1, 0.15) is 0 Å². The molecule has 15 heavy (non-hydrogen) atoms. The lowest BCUT2D eigenvalue weighted by molar-refractivity contribution is 0.128. The average Bonchev–Trinajstić information content (AvgIpc) is 2.17. The molecule has 0 heterocycles. The molecule has 0 aromatic heterocycles. The topological polar surface area (TPSA) is 3.24 Å². The summed E-state index contributed by atoms with van der Waals surface area (Å²) in [5.74, 6) is 2.61. The van der Waals surface area contributed by atoms with E-state index in [0.29, 0.717) is 0 Å². The van der Waals surface area contributed by atoms with Crippen LogP contribution in [0.15, 0.2) is 0 Å². The molecule has 1 aliphatic rings. The fourth-order valence-corrected chi connectivity index (χ4v) is 2.88. The molecule has 1 fully saturated rings. The van der Waals surface area contributed by atoms with Gasteiger partial charge in [-0.05, 0) is 50.3 Å². The van der Waals surface area contributed by atoms with E-state index in [1.807, 2.05) is 0 Å². The molecule has 0 spiro atoms. The second-order valence-electron chi connectivity index (χ2n) is 4.21. The summed E-state index contributed by atoms with van der Waals surface area (Å²) in [4.78, 5) is 2.72. The number of alkyl halides is 1. The smallest absolute Gasteiger partial charge is 0.00952 e. The third kappa shape index (κ3) is 5.60. The summed E-state index contributed by atoms with van der Waals surface area (Å²) >= 11 is 5.60. The number of nitrogens with zero attached hydrogens (tertiary/aromatic N) is 1. The summed E-state index contributed by atoms with van der Waals surface area (Å²) < 4.78 is 0. The van der Waals surface area contributed by atoms with Gasteiger partial charge in [-0.2, -0.15) is 11.8 Å². The zero-order valence-corrected chi connectivity index (χ0v) is 12.3. The van der Waals surface area contributed by atoms with Crippen molar-refractivity contribution >= 4 is 27.7 Å². The second kappa shape index (κ2) is 8.89. The van der Waals surface area contributed by atoms with E-state index < -0.39 is 0 Å². The van der Waals surface area contributed by atoms with Crippen molar-refractivity contribution in [1.29, 1.82) is 0 Å². The van der Waals surface area contributed by atoms with E-state index in [4.69, 9.17) is 0 Å². The normalized spacial score (nSPS) is 17.0. The number of halogens is 1. The quantitative estimate of drug-likeness (QED) is 0.470. The highest BCUT2D eigenvalue weighted by Gasteiger charge is 2.23. The van der Waals surface area contributed by atoms with Gasteiger partial charge < -0.3 is 4.90 Å². The van der Waals surface area contributed by atoms with Gasteiger partial charge in [0.2, 0.25) is 0 Å². The van der Waals surface area contributed by atoms with Crippen LogP contribution in [0.2, 0.25) is 0 Å². The molecule has 0 N–H and O–H groups in total. The summed E-state index contributed by atoms with van der Waals surface area (Å²) in [5.41, 5.74) is 0. The lowest BCUT2D eigenvalue weighted by Gasteiger charge is -2.37. The molecule has 3 heteroatoms. The highest BCUT2D eigenvalue weighted by Crippen LogP contribution is 2.25. The third-order valence-electron chi connectivity index (χ3n) is 3.11. The Hall–Kier alpha value is 0.790. The highest BCUT2D eigenvalue weighted by atomic mass is 79.9. The Morgan fingerprint density at radius 1 is 1.27 bits per heavy atom. The fourth-order valence-electron chi connectivity index (χ4n) is 2.01. The van der Waals surface area contributed by atoms with Crippen molar-refractivity contribution in [3.05, 3.63) is 0 Å². The van der Waals surface area contributed by atoms with Crippen LogP contribution in [0, 0.1) is 0 Å². The third-order valence-corrected chi connectivity index (χ3v) is 4.65. The molecule has 0 radical (unpaired) electrons. The van der Waals surface area contributed by atoms with Crippen molar-refractivity contribution in [3.63, 3.8) is 0 Å². The van der Waals surface area contributed by atoms with E-state index in [1.165, 1.54) is 56.7 Å². The van der Waals surface area contributed by atoms with Crippen LogP contribution < -0.4 is 0 Å². The predicted molar refractivity (Wildman–Crippen MR) is 75.2 cm³/mol. The molecule has 0 aromatic carbocycles. The summed E-state index contributed by atoms with van der Waals surface area (Å²) in [7, 11) is 0. The van der Waals surface area contributed by atoms with Gasteiger partial charge in [-0.25, -0.2) is 0 Å². The zero-order valence-electron chi connectivity index (χ0n) is 9.88. The maximum atomic E-state index is 3.53. The van der Waals surface area contributed by atoms with E-state index in [-0.39, 0.29) is 0 Å². The highest BCUT2D eigenvalue weighted by molar-refractivity contribution is 9.09. The molecule has 1 saturated carbocycles. The van der Waals surface area contributed by atoms with Gasteiger partial charge in [-0.3, -0.25) is 0 Å². The van der Waals surface area contributed by atoms with Crippen molar-refractivity contribution in [2.45, 2.75) is 45.1 Å². The molecule has 0 saturated heterocycles. The van der Waals surface area contributed by atoms with Gasteiger partial charge in [0.05, 0.1) is 0 Å². The number of rotatable bonds is 9. The first-order valence-corrected chi connectivity index (χ1v) is 8.54. The van der Waals surface area contributed by atoms with Crippen LogP contribution in [0.1, 0.15) is 39.0 Å². The van der Waals surface area contributed by atoms with Crippen LogP contribution in [0.25, 0.3) is 0 Å². The molecule has 0 unspecified atom stereocenters. The van der Waals surface area contributed by atoms with E-state index >= 15 is 0 Å². The molecule has 1 aliphatic carbocycles. The average molecular weight is 294 g/mol. The van der Waals surface area contributed by atoms with Gasteiger partial charge in [0, 0.05) is 11.4 Å². The van der Waals surface area contributed by atoms with Crippen LogP contribution in [0.4, 0.5) is 0 Å². The minimum atomic E-state index is 0.927. The van der Waals surface area contributed by atoms with Crippen LogP contribution in [-0.2, 0) is 0 Å². The number of hydrogen-bond donors (Lipinski definition) is 0. The molecule has 0 amide bonds. The van der Waals surface area contributed by atoms with Crippen molar-refractivity contribution in [1.82, 2.24) is 4.90 Å². The summed E-state index contributed by atoms with van der Waals surface area (Å²) in [6, 6.07) is 0.927. The predicted octanol–water partition coefficient (Wildman–Crippen LogP) is 3.77. The van der Waals surface area contributed by atoms with Gasteiger partial charge in [0.25, 0.3) is 0 Å². The fraction of sp³-hybridized carbons (Fsp3) is 1.00. The van der Waals surface area contributed by atoms with Gasteiger partial charge in [0.15, 0.2) is 0 Å². The molecule has 1 nitrogen and oxygen atoms in total. The minimum Gasteiger partial charge on any atom is -0.300 e. The van der Waals surface area contributed by atoms with Crippen molar-refractivity contribution in [2.75, 3.05) is 29.9 Å². The number of hydrogen-bond acceptors (Lipinski definition) is 2. The van der Waals surface area contributed by atoms with Crippen LogP contribution in [0.3, 0.4) is 0 Å². The van der Waals surface area contributed by atoms with Crippen LogP contribution in [0.5, 0.6) is 0 Å². The Labute approximate surface area is 107 Å². The van der Waals surface area contributed by atoms with Gasteiger partial charge in [-0.1, -0.05) is 29.3 Å². The molecule has 0 atom stereocenters. The standard InChI is InChI=1S/C12H24BrNS/c1-2-15-11-5-10-14(9-4-8-13)12-6-3-7-12/h12H,2-11H2,1H3. The molecular formula is C12H24BrNS. The Morgan fingerprint density at radius 2 is 2.00 bits per heavy atom. The van der Waals surface area contributed by atoms with E-state index in [9.17, 15) is 0 Å². The van der Waals surface area contributed by atoms with E-state index in [2.05, 4.69) is 39.5 Å². The van der Waals surface area contributed by atoms with Crippen LogP contribution >= 0.6 is 27.7 Å². The lowest BCUT2D eigenvalue weighted by Crippen LogP contribution is -2.41. The van der Waals surface area contributed by atoms with Gasteiger partial charge >= 0.3 is 0 Å². The van der Waals surface area contributed by atoms with Crippen molar-refractivity contribution < 1.29 is 0 Å². The van der Waals surface area contributed by atoms with Crippen LogP contribution in [-0.4, -0.2) is 40.9 Å². The van der Waals surface area contributed by atoms with Crippen molar-refractivity contribution in [3.8, 4) is 0 Å². The molecule has 1 rings (SSSR count). The summed E-state index contributed by atoms with van der Waals surface area (Å²) in [6.45, 7) is 4.87. The maximum absolute atomic E-state index is 3.53. The van der Waals surface area contributed by atoms with Crippen molar-refractivity contribution in [2.24, 2.45) is 0 Å². The molecular weight excluding hydrogens is 270 g/mol. The molecule has 0 aromatic rings. The summed E-state index contributed by atoms with van der Waals surface area (Å²) in [5, 5.41) is 1.15. The zero-order chi connectivity index (χ0) is 10.9. The second-order valence-corrected chi connectivity index (χ2v) is 6.40. The lowest BCUT2D eigenvalue weighted by atomic mass is 9.91. The first-order valence-electron chi connectivity index (χ1n) is 6.26. The van der Waals surface area contributed by atoms with Gasteiger partial charge in [-0.15, -0.1) is 0 Å². The Bertz CT molecular complexity index is 151. The molecule has 0 aliphatic heterocycles. The molecule has 90 valence electrons. The van der Waals surface area contributed by atoms with E-state index in [1.54, 1.807) is 0 Å². The largest absolute Gasteiger partial charge is 0.300 e. The monoisotopic (exact) mass is 293 g/mol. The first kappa shape index (κ1) is 13.9. The Kier molecular flexibility index (Phi) is 8.21.